The smallest absolute Gasteiger partial charge is 0.410 e. The molecule has 1 aliphatic heterocycles. The van der Waals surface area contributed by atoms with Gasteiger partial charge < -0.3 is 4.74 Å². The lowest BCUT2D eigenvalue weighted by Crippen LogP contribution is -2.53. The van der Waals surface area contributed by atoms with Crippen molar-refractivity contribution in [3.63, 3.8) is 0 Å². The van der Waals surface area contributed by atoms with Gasteiger partial charge in [0.1, 0.15) is 5.60 Å². The Labute approximate surface area is 145 Å². The number of pyridine rings is 1. The zero-order chi connectivity index (χ0) is 16.8. The van der Waals surface area contributed by atoms with Crippen molar-refractivity contribution in [3.05, 3.63) is 40.6 Å². The summed E-state index contributed by atoms with van der Waals surface area (Å²) in [6, 6.07) is 8.02. The SMILES string of the molecule is C[C@@H]1CN(C(=O)OC(C)(C)C)[C@H]1c1nccc2c(Br)cccc12. The Kier molecular flexibility index (Phi) is 4.08. The van der Waals surface area contributed by atoms with Crippen LogP contribution in [0.3, 0.4) is 0 Å². The summed E-state index contributed by atoms with van der Waals surface area (Å²) < 4.78 is 6.56. The van der Waals surface area contributed by atoms with E-state index in [1.165, 1.54) is 0 Å². The molecule has 1 fully saturated rings. The predicted molar refractivity (Wildman–Crippen MR) is 94.3 cm³/mol. The van der Waals surface area contributed by atoms with Crippen molar-refractivity contribution < 1.29 is 9.53 Å². The second-order valence-corrected chi connectivity index (χ2v) is 7.94. The number of benzene rings is 1. The first kappa shape index (κ1) is 16.2. The van der Waals surface area contributed by atoms with E-state index in [4.69, 9.17) is 4.74 Å². The van der Waals surface area contributed by atoms with E-state index in [2.05, 4.69) is 33.9 Å². The number of ether oxygens (including phenoxy) is 1. The third-order valence-electron chi connectivity index (χ3n) is 4.05. The van der Waals surface area contributed by atoms with Crippen molar-refractivity contribution in [2.45, 2.75) is 39.3 Å². The molecule has 23 heavy (non-hydrogen) atoms. The van der Waals surface area contributed by atoms with Gasteiger partial charge in [-0.1, -0.05) is 35.0 Å². The van der Waals surface area contributed by atoms with E-state index < -0.39 is 5.60 Å². The molecule has 0 aliphatic carbocycles. The summed E-state index contributed by atoms with van der Waals surface area (Å²) in [7, 11) is 0. The fraction of sp³-hybridized carbons (Fsp3) is 0.444. The van der Waals surface area contributed by atoms with Gasteiger partial charge in [-0.3, -0.25) is 9.88 Å². The van der Waals surface area contributed by atoms with Crippen LogP contribution < -0.4 is 0 Å². The van der Waals surface area contributed by atoms with E-state index in [9.17, 15) is 4.79 Å². The Balaban J connectivity index is 1.97. The summed E-state index contributed by atoms with van der Waals surface area (Å²) in [4.78, 5) is 18.8. The summed E-state index contributed by atoms with van der Waals surface area (Å²) >= 11 is 3.59. The zero-order valence-corrected chi connectivity index (χ0v) is 15.4. The number of hydrogen-bond acceptors (Lipinski definition) is 3. The number of amides is 1. The van der Waals surface area contributed by atoms with Crippen LogP contribution in [0, 0.1) is 5.92 Å². The fourth-order valence-electron chi connectivity index (χ4n) is 3.05. The highest BCUT2D eigenvalue weighted by Crippen LogP contribution is 2.41. The first-order chi connectivity index (χ1) is 10.8. The molecule has 0 N–H and O–H groups in total. The van der Waals surface area contributed by atoms with E-state index in [0.29, 0.717) is 12.5 Å². The molecule has 3 rings (SSSR count). The highest BCUT2D eigenvalue weighted by molar-refractivity contribution is 9.10. The van der Waals surface area contributed by atoms with E-state index in [1.54, 1.807) is 11.1 Å². The fourth-order valence-corrected chi connectivity index (χ4v) is 3.54. The van der Waals surface area contributed by atoms with Crippen molar-refractivity contribution in [1.82, 2.24) is 9.88 Å². The average Bonchev–Trinajstić information content (AvgIpc) is 2.44. The zero-order valence-electron chi connectivity index (χ0n) is 13.8. The molecule has 2 atom stereocenters. The average molecular weight is 377 g/mol. The van der Waals surface area contributed by atoms with E-state index in [1.807, 2.05) is 39.0 Å². The first-order valence-corrected chi connectivity index (χ1v) is 8.60. The molecule has 4 nitrogen and oxygen atoms in total. The Morgan fingerprint density at radius 1 is 1.30 bits per heavy atom. The quantitative estimate of drug-likeness (QED) is 0.708. The van der Waals surface area contributed by atoms with Gasteiger partial charge >= 0.3 is 6.09 Å². The van der Waals surface area contributed by atoms with Crippen LogP contribution in [0.25, 0.3) is 10.8 Å². The molecule has 0 saturated carbocycles. The second kappa shape index (κ2) is 5.78. The van der Waals surface area contributed by atoms with Gasteiger partial charge in [0.05, 0.1) is 11.7 Å². The topological polar surface area (TPSA) is 42.4 Å². The molecule has 1 amide bonds. The molecule has 0 spiro atoms. The van der Waals surface area contributed by atoms with Gasteiger partial charge in [-0.05, 0) is 38.3 Å². The molecule has 2 heterocycles. The molecular weight excluding hydrogens is 356 g/mol. The highest BCUT2D eigenvalue weighted by Gasteiger charge is 2.43. The number of likely N-dealkylation sites (tertiary alicyclic amines) is 1. The molecule has 0 radical (unpaired) electrons. The Morgan fingerprint density at radius 3 is 2.70 bits per heavy atom. The molecule has 1 aromatic heterocycles. The van der Waals surface area contributed by atoms with E-state index in [0.717, 1.165) is 20.9 Å². The number of nitrogens with zero attached hydrogens (tertiary/aromatic N) is 2. The Morgan fingerprint density at radius 2 is 2.04 bits per heavy atom. The molecule has 5 heteroatoms. The van der Waals surface area contributed by atoms with Crippen molar-refractivity contribution in [1.29, 1.82) is 0 Å². The van der Waals surface area contributed by atoms with Gasteiger partial charge in [-0.15, -0.1) is 0 Å². The van der Waals surface area contributed by atoms with Crippen molar-refractivity contribution in [3.8, 4) is 0 Å². The third kappa shape index (κ3) is 3.07. The van der Waals surface area contributed by atoms with Gasteiger partial charge in [0.2, 0.25) is 0 Å². The third-order valence-corrected chi connectivity index (χ3v) is 4.74. The number of carbonyl (C=O) groups excluding carboxylic acids is 1. The van der Waals surface area contributed by atoms with Gasteiger partial charge in [-0.2, -0.15) is 0 Å². The molecule has 1 aliphatic rings. The second-order valence-electron chi connectivity index (χ2n) is 7.09. The molecule has 1 saturated heterocycles. The normalized spacial score (nSPS) is 21.2. The largest absolute Gasteiger partial charge is 0.444 e. The molecule has 1 aromatic carbocycles. The van der Waals surface area contributed by atoms with Crippen LogP contribution in [0.15, 0.2) is 34.9 Å². The number of rotatable bonds is 1. The monoisotopic (exact) mass is 376 g/mol. The maximum atomic E-state index is 12.4. The number of halogens is 1. The minimum absolute atomic E-state index is 0.0390. The maximum absolute atomic E-state index is 12.4. The van der Waals surface area contributed by atoms with Crippen LogP contribution in [0.5, 0.6) is 0 Å². The van der Waals surface area contributed by atoms with Gasteiger partial charge in [0.25, 0.3) is 0 Å². The van der Waals surface area contributed by atoms with Crippen LogP contribution in [0.1, 0.15) is 39.4 Å². The van der Waals surface area contributed by atoms with Crippen molar-refractivity contribution in [2.24, 2.45) is 5.92 Å². The number of aromatic nitrogens is 1. The van der Waals surface area contributed by atoms with E-state index in [-0.39, 0.29) is 12.1 Å². The summed E-state index contributed by atoms with van der Waals surface area (Å²) in [6.07, 6.45) is 1.54. The minimum Gasteiger partial charge on any atom is -0.444 e. The van der Waals surface area contributed by atoms with Gasteiger partial charge in [-0.25, -0.2) is 4.79 Å². The van der Waals surface area contributed by atoms with Gasteiger partial charge in [0, 0.05) is 28.5 Å². The van der Waals surface area contributed by atoms with Gasteiger partial charge in [0.15, 0.2) is 0 Å². The van der Waals surface area contributed by atoms with Crippen LogP contribution in [-0.4, -0.2) is 28.1 Å². The Hall–Kier alpha value is -1.62. The van der Waals surface area contributed by atoms with Crippen LogP contribution in [-0.2, 0) is 4.74 Å². The lowest BCUT2D eigenvalue weighted by molar-refractivity contribution is -0.0276. The Bertz CT molecular complexity index is 754. The van der Waals surface area contributed by atoms with Crippen molar-refractivity contribution in [2.75, 3.05) is 6.54 Å². The van der Waals surface area contributed by atoms with Crippen LogP contribution in [0.2, 0.25) is 0 Å². The minimum atomic E-state index is -0.490. The predicted octanol–water partition coefficient (Wildman–Crippen LogP) is 4.93. The van der Waals surface area contributed by atoms with E-state index >= 15 is 0 Å². The van der Waals surface area contributed by atoms with Crippen molar-refractivity contribution >= 4 is 32.8 Å². The number of hydrogen-bond donors (Lipinski definition) is 0. The molecule has 122 valence electrons. The number of carbonyl (C=O) groups is 1. The molecule has 0 bridgehead atoms. The standard InChI is InChI=1S/C18H21BrN2O2/c1-11-10-21(17(22)23-18(2,3)4)16(11)15-13-6-5-7-14(19)12(13)8-9-20-15/h5-9,11,16H,10H2,1-4H3/t11-,16-/m1/s1. The summed E-state index contributed by atoms with van der Waals surface area (Å²) in [5.74, 6) is 0.361. The highest BCUT2D eigenvalue weighted by atomic mass is 79.9. The van der Waals surface area contributed by atoms with Crippen LogP contribution in [0.4, 0.5) is 4.79 Å². The number of fused-ring (bicyclic) bond motifs is 1. The maximum Gasteiger partial charge on any atom is 0.410 e. The van der Waals surface area contributed by atoms with Crippen LogP contribution >= 0.6 is 15.9 Å². The molecule has 2 aromatic rings. The molecular formula is C18H21BrN2O2. The summed E-state index contributed by atoms with van der Waals surface area (Å²) in [5.41, 5.74) is 0.448. The first-order valence-electron chi connectivity index (χ1n) is 7.80. The lowest BCUT2D eigenvalue weighted by Gasteiger charge is -2.46. The summed E-state index contributed by atoms with van der Waals surface area (Å²) in [6.45, 7) is 8.50. The lowest BCUT2D eigenvalue weighted by atomic mass is 9.86. The molecule has 0 unspecified atom stereocenters. The summed E-state index contributed by atoms with van der Waals surface area (Å²) in [5, 5.41) is 2.19.